The molecule has 0 amide bonds. The summed E-state index contributed by atoms with van der Waals surface area (Å²) in [6.45, 7) is 13.7. The fourth-order valence-corrected chi connectivity index (χ4v) is 8.65. The molecule has 0 aromatic rings. The average molecular weight is 892 g/mol. The molecule has 0 unspecified atom stereocenters. The van der Waals surface area contributed by atoms with Gasteiger partial charge in [0.2, 0.25) is 0 Å². The van der Waals surface area contributed by atoms with Crippen molar-refractivity contribution >= 4 is 17.9 Å². The second-order valence-corrected chi connectivity index (χ2v) is 21.0. The molecule has 0 aliphatic rings. The first kappa shape index (κ1) is 61.4. The van der Waals surface area contributed by atoms with Crippen molar-refractivity contribution in [3.8, 4) is 0 Å². The maximum absolute atomic E-state index is 12.8. The van der Waals surface area contributed by atoms with Gasteiger partial charge >= 0.3 is 17.9 Å². The van der Waals surface area contributed by atoms with E-state index >= 15 is 0 Å². The normalized spacial score (nSPS) is 12.1. The van der Waals surface area contributed by atoms with Gasteiger partial charge in [0.25, 0.3) is 0 Å². The Morgan fingerprint density at radius 3 is 0.683 bits per heavy atom. The van der Waals surface area contributed by atoms with Crippen molar-refractivity contribution in [2.75, 3.05) is 13.2 Å². The van der Waals surface area contributed by atoms with Crippen LogP contribution in [0.3, 0.4) is 0 Å². The minimum absolute atomic E-state index is 0.0639. The molecule has 0 saturated heterocycles. The van der Waals surface area contributed by atoms with Gasteiger partial charge in [0.15, 0.2) is 6.10 Å². The summed E-state index contributed by atoms with van der Waals surface area (Å²) in [6, 6.07) is 0. The van der Waals surface area contributed by atoms with Gasteiger partial charge in [0, 0.05) is 19.3 Å². The highest BCUT2D eigenvalue weighted by Gasteiger charge is 2.19. The third-order valence-corrected chi connectivity index (χ3v) is 12.9. The number of hydrogen-bond donors (Lipinski definition) is 0. The molecular formula is C57H110O6. The van der Waals surface area contributed by atoms with Gasteiger partial charge in [-0.25, -0.2) is 0 Å². The predicted molar refractivity (Wildman–Crippen MR) is 270 cm³/mol. The van der Waals surface area contributed by atoms with E-state index in [0.717, 1.165) is 75.5 Å². The number of rotatable bonds is 50. The maximum atomic E-state index is 12.8. The standard InChI is InChI=1S/C57H110O6/c1-51(2)43-37-31-25-19-13-9-7-8-10-16-24-30-36-42-48-57(60)63-54(50-62-56(59)47-41-35-29-23-18-17-21-27-33-39-45-53(5)6)49-61-55(58)46-40-34-28-22-15-12-11-14-20-26-32-38-44-52(3)4/h51-54H,7-50H2,1-6H3/t54-/m1/s1. The van der Waals surface area contributed by atoms with E-state index in [9.17, 15) is 14.4 Å². The SMILES string of the molecule is CC(C)CCCCCCCCCCCCCCCCC(=O)O[C@H](COC(=O)CCCCCCCCCCCCCCC(C)C)COC(=O)CCCCCCCCCCCCC(C)C. The number of ether oxygens (including phenoxy) is 3. The third kappa shape index (κ3) is 51.3. The third-order valence-electron chi connectivity index (χ3n) is 12.9. The van der Waals surface area contributed by atoms with E-state index in [1.165, 1.54) is 193 Å². The number of carbonyl (C=O) groups excluding carboxylic acids is 3. The minimum atomic E-state index is -0.763. The van der Waals surface area contributed by atoms with E-state index in [-0.39, 0.29) is 31.1 Å². The summed E-state index contributed by atoms with van der Waals surface area (Å²) < 4.78 is 16.9. The summed E-state index contributed by atoms with van der Waals surface area (Å²) >= 11 is 0. The molecule has 0 saturated carbocycles. The molecule has 0 fully saturated rings. The average Bonchev–Trinajstić information content (AvgIpc) is 3.24. The Hall–Kier alpha value is -1.59. The lowest BCUT2D eigenvalue weighted by molar-refractivity contribution is -0.167. The maximum Gasteiger partial charge on any atom is 0.306 e. The van der Waals surface area contributed by atoms with Crippen LogP contribution in [0.25, 0.3) is 0 Å². The smallest absolute Gasteiger partial charge is 0.306 e. The Morgan fingerprint density at radius 2 is 0.460 bits per heavy atom. The van der Waals surface area contributed by atoms with Gasteiger partial charge in [0.1, 0.15) is 13.2 Å². The second kappa shape index (κ2) is 48.3. The Labute approximate surface area is 393 Å². The summed E-state index contributed by atoms with van der Waals surface area (Å²) in [4.78, 5) is 38.1. The van der Waals surface area contributed by atoms with E-state index in [0.29, 0.717) is 19.3 Å². The molecule has 0 N–H and O–H groups in total. The Balaban J connectivity index is 4.31. The molecule has 0 rings (SSSR count). The van der Waals surface area contributed by atoms with Crippen molar-refractivity contribution in [3.63, 3.8) is 0 Å². The van der Waals surface area contributed by atoms with Crippen LogP contribution in [0.1, 0.15) is 311 Å². The van der Waals surface area contributed by atoms with Crippen LogP contribution in [0.15, 0.2) is 0 Å². The molecule has 0 aliphatic heterocycles. The van der Waals surface area contributed by atoms with Gasteiger partial charge in [-0.2, -0.15) is 0 Å². The van der Waals surface area contributed by atoms with Crippen LogP contribution >= 0.6 is 0 Å². The van der Waals surface area contributed by atoms with E-state index in [1.807, 2.05) is 0 Å². The van der Waals surface area contributed by atoms with Crippen LogP contribution in [-0.2, 0) is 28.6 Å². The first-order valence-corrected chi connectivity index (χ1v) is 28.1. The lowest BCUT2D eigenvalue weighted by atomic mass is 10.0. The van der Waals surface area contributed by atoms with Crippen molar-refractivity contribution in [1.29, 1.82) is 0 Å². The lowest BCUT2D eigenvalue weighted by Crippen LogP contribution is -2.30. The first-order valence-electron chi connectivity index (χ1n) is 28.1. The minimum Gasteiger partial charge on any atom is -0.462 e. The van der Waals surface area contributed by atoms with Crippen LogP contribution in [0.4, 0.5) is 0 Å². The molecule has 1 atom stereocenters. The topological polar surface area (TPSA) is 78.9 Å². The fourth-order valence-electron chi connectivity index (χ4n) is 8.65. The zero-order chi connectivity index (χ0) is 46.3. The Bertz CT molecular complexity index is 976. The van der Waals surface area contributed by atoms with Crippen LogP contribution in [0, 0.1) is 17.8 Å². The van der Waals surface area contributed by atoms with Gasteiger partial charge in [0.05, 0.1) is 0 Å². The molecular weight excluding hydrogens is 781 g/mol. The Kier molecular flexibility index (Phi) is 47.1. The van der Waals surface area contributed by atoms with Crippen LogP contribution in [0.2, 0.25) is 0 Å². The number of esters is 3. The quantitative estimate of drug-likeness (QED) is 0.0344. The molecule has 0 aliphatic carbocycles. The van der Waals surface area contributed by atoms with Gasteiger partial charge in [-0.3, -0.25) is 14.4 Å². The van der Waals surface area contributed by atoms with E-state index in [2.05, 4.69) is 41.5 Å². The highest BCUT2D eigenvalue weighted by atomic mass is 16.6. The van der Waals surface area contributed by atoms with Crippen LogP contribution < -0.4 is 0 Å². The van der Waals surface area contributed by atoms with Gasteiger partial charge in [-0.05, 0) is 37.0 Å². The Morgan fingerprint density at radius 1 is 0.270 bits per heavy atom. The highest BCUT2D eigenvalue weighted by Crippen LogP contribution is 2.18. The number of hydrogen-bond acceptors (Lipinski definition) is 6. The molecule has 0 bridgehead atoms. The number of carbonyl (C=O) groups is 3. The van der Waals surface area contributed by atoms with Crippen LogP contribution in [-0.4, -0.2) is 37.2 Å². The zero-order valence-electron chi connectivity index (χ0n) is 43.4. The van der Waals surface area contributed by atoms with E-state index < -0.39 is 6.10 Å². The van der Waals surface area contributed by atoms with Gasteiger partial charge in [-0.1, -0.05) is 273 Å². The summed E-state index contributed by atoms with van der Waals surface area (Å²) in [5, 5.41) is 0. The van der Waals surface area contributed by atoms with E-state index in [4.69, 9.17) is 14.2 Å². The molecule has 0 radical (unpaired) electrons. The van der Waals surface area contributed by atoms with Crippen molar-refractivity contribution in [2.24, 2.45) is 17.8 Å². The molecule has 0 aromatic heterocycles. The molecule has 374 valence electrons. The van der Waals surface area contributed by atoms with Crippen LogP contribution in [0.5, 0.6) is 0 Å². The summed E-state index contributed by atoms with van der Waals surface area (Å²) in [7, 11) is 0. The second-order valence-electron chi connectivity index (χ2n) is 21.0. The molecule has 63 heavy (non-hydrogen) atoms. The summed E-state index contributed by atoms with van der Waals surface area (Å²) in [5.41, 5.74) is 0. The summed E-state index contributed by atoms with van der Waals surface area (Å²) in [6.07, 6.45) is 49.5. The molecule has 6 heteroatoms. The largest absolute Gasteiger partial charge is 0.462 e. The monoisotopic (exact) mass is 891 g/mol. The first-order chi connectivity index (χ1) is 30.6. The highest BCUT2D eigenvalue weighted by molar-refractivity contribution is 5.71. The molecule has 6 nitrogen and oxygen atoms in total. The molecule has 0 spiro atoms. The zero-order valence-corrected chi connectivity index (χ0v) is 43.4. The predicted octanol–water partition coefficient (Wildman–Crippen LogP) is 18.3. The van der Waals surface area contributed by atoms with Crippen molar-refractivity contribution in [3.05, 3.63) is 0 Å². The van der Waals surface area contributed by atoms with Gasteiger partial charge < -0.3 is 14.2 Å². The number of unbranched alkanes of at least 4 members (excludes halogenated alkanes) is 33. The summed E-state index contributed by atoms with van der Waals surface area (Å²) in [5.74, 6) is 1.65. The van der Waals surface area contributed by atoms with Crippen molar-refractivity contribution in [2.45, 2.75) is 317 Å². The lowest BCUT2D eigenvalue weighted by Gasteiger charge is -2.18. The van der Waals surface area contributed by atoms with Crippen molar-refractivity contribution < 1.29 is 28.6 Å². The molecule has 0 heterocycles. The van der Waals surface area contributed by atoms with Gasteiger partial charge in [-0.15, -0.1) is 0 Å². The van der Waals surface area contributed by atoms with Crippen molar-refractivity contribution in [1.82, 2.24) is 0 Å². The molecule has 0 aromatic carbocycles. The fraction of sp³-hybridized carbons (Fsp3) is 0.947. The van der Waals surface area contributed by atoms with E-state index in [1.54, 1.807) is 0 Å².